The van der Waals surface area contributed by atoms with Gasteiger partial charge in [0.05, 0.1) is 16.8 Å². The minimum Gasteiger partial charge on any atom is -0.228 e. The fraction of sp³-hybridized carbons (Fsp3) is 0.0213. The molecule has 50 heavy (non-hydrogen) atoms. The molecule has 0 radical (unpaired) electrons. The van der Waals surface area contributed by atoms with Gasteiger partial charge in [0.2, 0.25) is 0 Å². The van der Waals surface area contributed by atoms with Crippen molar-refractivity contribution in [3.63, 3.8) is 0 Å². The van der Waals surface area contributed by atoms with Crippen molar-refractivity contribution in [2.75, 3.05) is 0 Å². The van der Waals surface area contributed by atoms with E-state index in [4.69, 9.17) is 9.97 Å². The van der Waals surface area contributed by atoms with Crippen LogP contribution in [0, 0.1) is 0 Å². The van der Waals surface area contributed by atoms with E-state index in [1.54, 1.807) is 0 Å². The predicted molar refractivity (Wildman–Crippen MR) is 206 cm³/mol. The quantitative estimate of drug-likeness (QED) is 0.178. The number of hydrogen-bond acceptors (Lipinski definition) is 3. The number of hydrogen-bond donors (Lipinski definition) is 0. The van der Waals surface area contributed by atoms with Gasteiger partial charge in [-0.3, -0.25) is 0 Å². The average Bonchev–Trinajstić information content (AvgIpc) is 3.21. The molecular formula is C47H32N2S. The molecule has 236 valence electrons. The number of fused-ring (bicyclic) bond motifs is 2. The first-order valence-corrected chi connectivity index (χ1v) is 17.7. The Morgan fingerprint density at radius 3 is 1.44 bits per heavy atom. The summed E-state index contributed by atoms with van der Waals surface area (Å²) in [5.74, 6) is 0.709. The molecule has 0 saturated heterocycles. The molecule has 1 aliphatic rings. The summed E-state index contributed by atoms with van der Waals surface area (Å²) < 4.78 is 0. The maximum absolute atomic E-state index is 5.10. The Morgan fingerprint density at radius 2 is 0.820 bits per heavy atom. The molecule has 0 amide bonds. The van der Waals surface area contributed by atoms with Gasteiger partial charge in [-0.1, -0.05) is 182 Å². The van der Waals surface area contributed by atoms with Crippen LogP contribution in [-0.2, 0) is 5.41 Å². The summed E-state index contributed by atoms with van der Waals surface area (Å²) in [6.45, 7) is 0. The molecule has 9 rings (SSSR count). The van der Waals surface area contributed by atoms with Gasteiger partial charge < -0.3 is 0 Å². The van der Waals surface area contributed by atoms with Crippen LogP contribution in [0.2, 0.25) is 0 Å². The normalized spacial score (nSPS) is 12.9. The second-order valence-electron chi connectivity index (χ2n) is 12.6. The second kappa shape index (κ2) is 12.8. The highest BCUT2D eigenvalue weighted by Crippen LogP contribution is 2.56. The van der Waals surface area contributed by atoms with Gasteiger partial charge in [-0.25, -0.2) is 9.97 Å². The third-order valence-corrected chi connectivity index (χ3v) is 10.8. The van der Waals surface area contributed by atoms with Gasteiger partial charge in [0.1, 0.15) is 0 Å². The summed E-state index contributed by atoms with van der Waals surface area (Å²) in [4.78, 5) is 12.7. The highest BCUT2D eigenvalue weighted by Gasteiger charge is 2.44. The van der Waals surface area contributed by atoms with E-state index >= 15 is 0 Å². The highest BCUT2D eigenvalue weighted by molar-refractivity contribution is 7.99. The lowest BCUT2D eigenvalue weighted by atomic mass is 9.64. The van der Waals surface area contributed by atoms with E-state index in [0.717, 1.165) is 39.2 Å². The Bertz CT molecular complexity index is 2350. The van der Waals surface area contributed by atoms with E-state index < -0.39 is 5.41 Å². The summed E-state index contributed by atoms with van der Waals surface area (Å²) in [6, 6.07) is 69.2. The molecule has 2 heterocycles. The number of rotatable bonds is 6. The van der Waals surface area contributed by atoms with Gasteiger partial charge >= 0.3 is 0 Å². The van der Waals surface area contributed by atoms with Crippen molar-refractivity contribution in [3.8, 4) is 45.0 Å². The summed E-state index contributed by atoms with van der Waals surface area (Å²) in [6.07, 6.45) is 0. The Balaban J connectivity index is 1.19. The monoisotopic (exact) mass is 656 g/mol. The van der Waals surface area contributed by atoms with Crippen molar-refractivity contribution in [3.05, 3.63) is 216 Å². The van der Waals surface area contributed by atoms with Crippen LogP contribution in [0.15, 0.2) is 204 Å². The zero-order valence-corrected chi connectivity index (χ0v) is 28.1. The van der Waals surface area contributed by atoms with Crippen LogP contribution in [0.25, 0.3) is 45.0 Å². The summed E-state index contributed by atoms with van der Waals surface area (Å²) >= 11 is 1.86. The minimum absolute atomic E-state index is 0.445. The van der Waals surface area contributed by atoms with Gasteiger partial charge in [-0.2, -0.15) is 0 Å². The maximum atomic E-state index is 5.10. The fourth-order valence-electron chi connectivity index (χ4n) is 7.32. The van der Waals surface area contributed by atoms with Crippen molar-refractivity contribution in [2.24, 2.45) is 0 Å². The fourth-order valence-corrected chi connectivity index (χ4v) is 8.55. The molecule has 0 aliphatic carbocycles. The Kier molecular flexibility index (Phi) is 7.68. The first-order valence-electron chi connectivity index (χ1n) is 16.9. The standard InChI is InChI=1S/C47H32N2S/c1-5-16-33(17-6-1)42-32-43(34-18-7-2-8-19-34)49-46(48-42)37-21-15-20-35(30-37)36-28-29-41-45(31-36)50-44-27-14-13-26-40(44)47(41,38-22-9-3-10-23-38)39-24-11-4-12-25-39/h1-32H. The van der Waals surface area contributed by atoms with Crippen molar-refractivity contribution in [2.45, 2.75) is 15.2 Å². The lowest BCUT2D eigenvalue weighted by molar-refractivity contribution is 0.703. The molecule has 1 aliphatic heterocycles. The Morgan fingerprint density at radius 1 is 0.340 bits per heavy atom. The summed E-state index contributed by atoms with van der Waals surface area (Å²) in [5, 5.41) is 0. The third-order valence-electron chi connectivity index (χ3n) is 9.63. The van der Waals surface area contributed by atoms with Gasteiger partial charge in [0.15, 0.2) is 5.82 Å². The molecule has 0 spiro atoms. The van der Waals surface area contributed by atoms with Crippen molar-refractivity contribution >= 4 is 11.8 Å². The summed E-state index contributed by atoms with van der Waals surface area (Å²) in [5.41, 5.74) is 11.9. The van der Waals surface area contributed by atoms with Gasteiger partial charge in [0.25, 0.3) is 0 Å². The predicted octanol–water partition coefficient (Wildman–Crippen LogP) is 12.0. The van der Waals surface area contributed by atoms with Crippen LogP contribution < -0.4 is 0 Å². The lowest BCUT2D eigenvalue weighted by Crippen LogP contribution is -2.34. The summed E-state index contributed by atoms with van der Waals surface area (Å²) in [7, 11) is 0. The zero-order chi connectivity index (χ0) is 33.3. The van der Waals surface area contributed by atoms with Crippen LogP contribution >= 0.6 is 11.8 Å². The molecular weight excluding hydrogens is 625 g/mol. The lowest BCUT2D eigenvalue weighted by Gasteiger charge is -2.42. The smallest absolute Gasteiger partial charge is 0.160 e. The van der Waals surface area contributed by atoms with Crippen LogP contribution in [0.4, 0.5) is 0 Å². The van der Waals surface area contributed by atoms with E-state index in [1.165, 1.54) is 32.0 Å². The molecule has 0 bridgehead atoms. The Hall–Kier alpha value is -6.03. The topological polar surface area (TPSA) is 25.8 Å². The highest BCUT2D eigenvalue weighted by atomic mass is 32.2. The van der Waals surface area contributed by atoms with Gasteiger partial charge in [-0.05, 0) is 57.6 Å². The molecule has 0 unspecified atom stereocenters. The van der Waals surface area contributed by atoms with Gasteiger partial charge in [0, 0.05) is 26.5 Å². The SMILES string of the molecule is c1ccc(-c2cc(-c3ccccc3)nc(-c3cccc(-c4ccc5c(c4)Sc4ccccc4C5(c4ccccc4)c4ccccc4)c3)n2)cc1. The number of aromatic nitrogens is 2. The third kappa shape index (κ3) is 5.24. The van der Waals surface area contributed by atoms with E-state index in [2.05, 4.69) is 182 Å². The number of benzene rings is 7. The number of nitrogens with zero attached hydrogens (tertiary/aromatic N) is 2. The van der Waals surface area contributed by atoms with Crippen LogP contribution in [0.5, 0.6) is 0 Å². The molecule has 0 atom stereocenters. The molecule has 2 nitrogen and oxygen atoms in total. The molecule has 7 aromatic carbocycles. The van der Waals surface area contributed by atoms with Crippen LogP contribution in [0.1, 0.15) is 22.3 Å². The second-order valence-corrected chi connectivity index (χ2v) is 13.6. The van der Waals surface area contributed by atoms with Gasteiger partial charge in [-0.15, -0.1) is 0 Å². The van der Waals surface area contributed by atoms with Crippen molar-refractivity contribution in [1.29, 1.82) is 0 Å². The minimum atomic E-state index is -0.445. The van der Waals surface area contributed by atoms with Crippen molar-refractivity contribution in [1.82, 2.24) is 9.97 Å². The maximum Gasteiger partial charge on any atom is 0.160 e. The first kappa shape index (κ1) is 30.1. The van der Waals surface area contributed by atoms with E-state index in [9.17, 15) is 0 Å². The molecule has 0 saturated carbocycles. The van der Waals surface area contributed by atoms with E-state index in [-0.39, 0.29) is 0 Å². The average molecular weight is 657 g/mol. The zero-order valence-electron chi connectivity index (χ0n) is 27.3. The molecule has 0 N–H and O–H groups in total. The van der Waals surface area contributed by atoms with Crippen LogP contribution in [-0.4, -0.2) is 9.97 Å². The Labute approximate surface area is 297 Å². The first-order chi connectivity index (χ1) is 24.8. The van der Waals surface area contributed by atoms with Crippen molar-refractivity contribution < 1.29 is 0 Å². The molecule has 8 aromatic rings. The molecule has 0 fully saturated rings. The van der Waals surface area contributed by atoms with E-state index in [1.807, 2.05) is 23.9 Å². The van der Waals surface area contributed by atoms with Crippen LogP contribution in [0.3, 0.4) is 0 Å². The molecule has 3 heteroatoms. The largest absolute Gasteiger partial charge is 0.228 e. The molecule has 1 aromatic heterocycles. The van der Waals surface area contributed by atoms with E-state index in [0.29, 0.717) is 5.82 Å².